The SMILES string of the molecule is O=C(Cn1nc(-c2cccnc2)ccc1=O)N1CCN(c2cccc(C(F)(F)F)c2)CC1. The first kappa shape index (κ1) is 21.5. The Kier molecular flexibility index (Phi) is 5.93. The van der Waals surface area contributed by atoms with Crippen LogP contribution < -0.4 is 10.5 Å². The molecule has 1 saturated heterocycles. The molecule has 0 unspecified atom stereocenters. The lowest BCUT2D eigenvalue weighted by molar-refractivity contribution is -0.137. The lowest BCUT2D eigenvalue weighted by atomic mass is 10.1. The fourth-order valence-electron chi connectivity index (χ4n) is 3.55. The van der Waals surface area contributed by atoms with Crippen LogP contribution in [0.3, 0.4) is 0 Å². The van der Waals surface area contributed by atoms with Crippen LogP contribution in [0, 0.1) is 0 Å². The van der Waals surface area contributed by atoms with Gasteiger partial charge < -0.3 is 9.80 Å². The van der Waals surface area contributed by atoms with Crippen molar-refractivity contribution >= 4 is 11.6 Å². The van der Waals surface area contributed by atoms with Gasteiger partial charge in [0.15, 0.2) is 0 Å². The summed E-state index contributed by atoms with van der Waals surface area (Å²) < 4.78 is 40.0. The summed E-state index contributed by atoms with van der Waals surface area (Å²) in [5, 5.41) is 4.27. The van der Waals surface area contributed by atoms with E-state index in [-0.39, 0.29) is 12.5 Å². The second-order valence-electron chi connectivity index (χ2n) is 7.37. The molecule has 0 spiro atoms. The molecule has 0 aliphatic carbocycles. The summed E-state index contributed by atoms with van der Waals surface area (Å²) in [4.78, 5) is 32.4. The molecule has 2 aromatic heterocycles. The predicted octanol–water partition coefficient (Wildman–Crippen LogP) is 2.67. The summed E-state index contributed by atoms with van der Waals surface area (Å²) in [6.07, 6.45) is -1.16. The van der Waals surface area contributed by atoms with E-state index in [2.05, 4.69) is 10.1 Å². The highest BCUT2D eigenvalue weighted by atomic mass is 19.4. The molecule has 0 N–H and O–H groups in total. The van der Waals surface area contributed by atoms with Gasteiger partial charge in [-0.3, -0.25) is 14.6 Å². The van der Waals surface area contributed by atoms with Gasteiger partial charge >= 0.3 is 6.18 Å². The molecule has 0 radical (unpaired) electrons. The van der Waals surface area contributed by atoms with E-state index in [1.807, 2.05) is 4.90 Å². The van der Waals surface area contributed by atoms with Crippen molar-refractivity contribution in [3.8, 4) is 11.3 Å². The van der Waals surface area contributed by atoms with E-state index in [0.717, 1.165) is 22.4 Å². The molecule has 1 aliphatic rings. The lowest BCUT2D eigenvalue weighted by Crippen LogP contribution is -2.50. The molecule has 1 fully saturated rings. The average molecular weight is 443 g/mol. The van der Waals surface area contributed by atoms with E-state index >= 15 is 0 Å². The van der Waals surface area contributed by atoms with E-state index in [4.69, 9.17) is 0 Å². The minimum Gasteiger partial charge on any atom is -0.368 e. The minimum atomic E-state index is -4.40. The van der Waals surface area contributed by atoms with Crippen molar-refractivity contribution in [1.82, 2.24) is 19.7 Å². The summed E-state index contributed by atoms with van der Waals surface area (Å²) in [6.45, 7) is 1.25. The number of amides is 1. The van der Waals surface area contributed by atoms with Gasteiger partial charge in [0.2, 0.25) is 5.91 Å². The quantitative estimate of drug-likeness (QED) is 0.620. The molecular weight excluding hydrogens is 423 g/mol. The highest BCUT2D eigenvalue weighted by Crippen LogP contribution is 2.31. The van der Waals surface area contributed by atoms with Crippen LogP contribution in [-0.2, 0) is 17.5 Å². The molecule has 3 aromatic rings. The molecule has 32 heavy (non-hydrogen) atoms. The van der Waals surface area contributed by atoms with Gasteiger partial charge in [0.25, 0.3) is 5.56 Å². The van der Waals surface area contributed by atoms with Crippen molar-refractivity contribution in [3.05, 3.63) is 76.8 Å². The second kappa shape index (κ2) is 8.81. The van der Waals surface area contributed by atoms with Gasteiger partial charge in [0.05, 0.1) is 11.3 Å². The minimum absolute atomic E-state index is 0.212. The van der Waals surface area contributed by atoms with Crippen molar-refractivity contribution in [1.29, 1.82) is 0 Å². The Balaban J connectivity index is 1.41. The number of carbonyl (C=O) groups is 1. The Hall–Kier alpha value is -3.69. The van der Waals surface area contributed by atoms with Crippen LogP contribution in [-0.4, -0.2) is 51.8 Å². The third-order valence-electron chi connectivity index (χ3n) is 5.28. The van der Waals surface area contributed by atoms with Gasteiger partial charge in [-0.1, -0.05) is 6.07 Å². The molecule has 1 aliphatic heterocycles. The van der Waals surface area contributed by atoms with E-state index in [9.17, 15) is 22.8 Å². The lowest BCUT2D eigenvalue weighted by Gasteiger charge is -2.36. The first-order valence-electron chi connectivity index (χ1n) is 10.00. The van der Waals surface area contributed by atoms with Crippen LogP contribution in [0.5, 0.6) is 0 Å². The van der Waals surface area contributed by atoms with E-state index in [1.54, 1.807) is 41.6 Å². The standard InChI is InChI=1S/C22H20F3N5O2/c23-22(24,25)17-4-1-5-18(13-17)28-9-11-29(12-10-28)21(32)15-30-20(31)7-6-19(27-30)16-3-2-8-26-14-16/h1-8,13-14H,9-12,15H2. The zero-order chi connectivity index (χ0) is 22.7. The molecule has 0 bridgehead atoms. The molecule has 4 rings (SSSR count). The predicted molar refractivity (Wildman–Crippen MR) is 112 cm³/mol. The molecule has 1 aromatic carbocycles. The number of nitrogens with zero attached hydrogens (tertiary/aromatic N) is 5. The summed E-state index contributed by atoms with van der Waals surface area (Å²) in [5.74, 6) is -0.272. The first-order valence-corrected chi connectivity index (χ1v) is 10.00. The zero-order valence-electron chi connectivity index (χ0n) is 17.0. The number of benzene rings is 1. The fourth-order valence-corrected chi connectivity index (χ4v) is 3.55. The number of carbonyl (C=O) groups excluding carboxylic acids is 1. The smallest absolute Gasteiger partial charge is 0.368 e. The molecule has 7 nitrogen and oxygen atoms in total. The van der Waals surface area contributed by atoms with E-state index < -0.39 is 17.3 Å². The highest BCUT2D eigenvalue weighted by Gasteiger charge is 2.31. The number of alkyl halides is 3. The Morgan fingerprint density at radius 3 is 2.47 bits per heavy atom. The van der Waals surface area contributed by atoms with Gasteiger partial charge in [-0.05, 0) is 36.4 Å². The molecule has 10 heteroatoms. The van der Waals surface area contributed by atoms with Crippen LogP contribution in [0.1, 0.15) is 5.56 Å². The molecular formula is C22H20F3N5O2. The fraction of sp³-hybridized carbons (Fsp3) is 0.273. The largest absolute Gasteiger partial charge is 0.416 e. The van der Waals surface area contributed by atoms with Crippen molar-refractivity contribution in [3.63, 3.8) is 0 Å². The van der Waals surface area contributed by atoms with Crippen LogP contribution in [0.2, 0.25) is 0 Å². The normalized spacial score (nSPS) is 14.5. The maximum atomic E-state index is 13.0. The van der Waals surface area contributed by atoms with Crippen molar-refractivity contribution in [2.75, 3.05) is 31.1 Å². The third kappa shape index (κ3) is 4.79. The number of hydrogen-bond acceptors (Lipinski definition) is 5. The number of rotatable bonds is 4. The number of piperazine rings is 1. The van der Waals surface area contributed by atoms with Crippen molar-refractivity contribution < 1.29 is 18.0 Å². The summed E-state index contributed by atoms with van der Waals surface area (Å²) in [7, 11) is 0. The van der Waals surface area contributed by atoms with Gasteiger partial charge in [-0.15, -0.1) is 0 Å². The molecule has 0 saturated carbocycles. The number of halogens is 3. The maximum Gasteiger partial charge on any atom is 0.416 e. The van der Waals surface area contributed by atoms with Crippen LogP contribution >= 0.6 is 0 Å². The number of anilines is 1. The summed E-state index contributed by atoms with van der Waals surface area (Å²) in [6, 6.07) is 11.6. The number of aromatic nitrogens is 3. The number of pyridine rings is 1. The Labute approximate surface area is 181 Å². The molecule has 0 atom stereocenters. The molecule has 1 amide bonds. The Morgan fingerprint density at radius 1 is 1.00 bits per heavy atom. The first-order chi connectivity index (χ1) is 15.3. The van der Waals surface area contributed by atoms with Gasteiger partial charge in [0.1, 0.15) is 6.54 Å². The van der Waals surface area contributed by atoms with E-state index in [0.29, 0.717) is 37.6 Å². The Bertz CT molecular complexity index is 1160. The maximum absolute atomic E-state index is 13.0. The summed E-state index contributed by atoms with van der Waals surface area (Å²) in [5.41, 5.74) is 0.623. The van der Waals surface area contributed by atoms with Crippen molar-refractivity contribution in [2.24, 2.45) is 0 Å². The highest BCUT2D eigenvalue weighted by molar-refractivity contribution is 5.76. The average Bonchev–Trinajstić information content (AvgIpc) is 2.81. The van der Waals surface area contributed by atoms with Crippen molar-refractivity contribution in [2.45, 2.75) is 12.7 Å². The number of hydrogen-bond donors (Lipinski definition) is 0. The molecule has 166 valence electrons. The van der Waals surface area contributed by atoms with Gasteiger partial charge in [-0.25, -0.2) is 4.68 Å². The van der Waals surface area contributed by atoms with Crippen LogP contribution in [0.15, 0.2) is 65.7 Å². The van der Waals surface area contributed by atoms with Crippen LogP contribution in [0.25, 0.3) is 11.3 Å². The summed E-state index contributed by atoms with van der Waals surface area (Å²) >= 11 is 0. The third-order valence-corrected chi connectivity index (χ3v) is 5.28. The Morgan fingerprint density at radius 2 is 1.78 bits per heavy atom. The van der Waals surface area contributed by atoms with Crippen LogP contribution in [0.4, 0.5) is 18.9 Å². The zero-order valence-corrected chi connectivity index (χ0v) is 17.0. The molecule has 3 heterocycles. The van der Waals surface area contributed by atoms with E-state index in [1.165, 1.54) is 12.1 Å². The second-order valence-corrected chi connectivity index (χ2v) is 7.37. The van der Waals surface area contributed by atoms with Gasteiger partial charge in [-0.2, -0.15) is 18.3 Å². The van der Waals surface area contributed by atoms with Gasteiger partial charge in [0, 0.05) is 55.9 Å². The topological polar surface area (TPSA) is 71.3 Å². The monoisotopic (exact) mass is 443 g/mol.